The second-order valence-corrected chi connectivity index (χ2v) is 6.15. The van der Waals surface area contributed by atoms with Gasteiger partial charge >= 0.3 is 0 Å². The number of fused-ring (bicyclic) bond motifs is 3. The quantitative estimate of drug-likeness (QED) is 0.535. The van der Waals surface area contributed by atoms with Crippen molar-refractivity contribution in [3.05, 3.63) is 46.7 Å². The van der Waals surface area contributed by atoms with Gasteiger partial charge in [0.25, 0.3) is 0 Å². The van der Waals surface area contributed by atoms with Crippen LogP contribution in [-0.2, 0) is 0 Å². The summed E-state index contributed by atoms with van der Waals surface area (Å²) >= 11 is 12.3. The lowest BCUT2D eigenvalue weighted by molar-refractivity contribution is 0.356. The summed E-state index contributed by atoms with van der Waals surface area (Å²) in [6.45, 7) is 0. The Morgan fingerprint density at radius 2 is 1.72 bits per heavy atom. The maximum Gasteiger partial charge on any atom is 0.171 e. The molecule has 4 aromatic rings. The third-order valence-corrected chi connectivity index (χ3v) is 4.47. The van der Waals surface area contributed by atoms with Gasteiger partial charge in [0.2, 0.25) is 0 Å². The molecule has 0 aliphatic carbocycles. The molecular formula is C17H12Cl2N4O2. The molecule has 2 aromatic heterocycles. The zero-order chi connectivity index (χ0) is 17.6. The highest BCUT2D eigenvalue weighted by Gasteiger charge is 2.16. The molecule has 0 aliphatic rings. The molecule has 6 nitrogen and oxygen atoms in total. The van der Waals surface area contributed by atoms with E-state index in [9.17, 15) is 0 Å². The Hall–Kier alpha value is -2.57. The molecule has 25 heavy (non-hydrogen) atoms. The molecule has 8 heteroatoms. The average molecular weight is 375 g/mol. The lowest BCUT2D eigenvalue weighted by Crippen LogP contribution is -1.96. The first-order valence-electron chi connectivity index (χ1n) is 7.33. The molecule has 2 heterocycles. The third kappa shape index (κ3) is 2.54. The molecule has 0 amide bonds. The van der Waals surface area contributed by atoms with Crippen LogP contribution in [0.1, 0.15) is 0 Å². The lowest BCUT2D eigenvalue weighted by atomic mass is 10.2. The van der Waals surface area contributed by atoms with Gasteiger partial charge in [-0.05, 0) is 24.3 Å². The number of benzene rings is 2. The van der Waals surface area contributed by atoms with E-state index in [4.69, 9.17) is 32.7 Å². The zero-order valence-corrected chi connectivity index (χ0v) is 14.8. The van der Waals surface area contributed by atoms with Crippen LogP contribution >= 0.6 is 23.2 Å². The van der Waals surface area contributed by atoms with Crippen molar-refractivity contribution in [1.82, 2.24) is 19.6 Å². The predicted octanol–water partition coefficient (Wildman–Crippen LogP) is 4.27. The number of rotatable bonds is 3. The topological polar surface area (TPSA) is 61.5 Å². The molecule has 0 bridgehead atoms. The number of aromatic nitrogens is 4. The van der Waals surface area contributed by atoms with Gasteiger partial charge in [-0.3, -0.25) is 4.40 Å². The molecule has 2 aromatic carbocycles. The van der Waals surface area contributed by atoms with E-state index in [2.05, 4.69) is 15.2 Å². The second kappa shape index (κ2) is 6.06. The number of halogens is 2. The van der Waals surface area contributed by atoms with Gasteiger partial charge in [0.1, 0.15) is 6.33 Å². The molecule has 4 rings (SSSR count). The molecular weight excluding hydrogens is 363 g/mol. The van der Waals surface area contributed by atoms with Crippen molar-refractivity contribution < 1.29 is 9.47 Å². The van der Waals surface area contributed by atoms with Crippen LogP contribution < -0.4 is 9.47 Å². The summed E-state index contributed by atoms with van der Waals surface area (Å²) in [5.74, 6) is 1.78. The minimum absolute atomic E-state index is 0.495. The second-order valence-electron chi connectivity index (χ2n) is 5.31. The molecule has 0 radical (unpaired) electrons. The van der Waals surface area contributed by atoms with Crippen molar-refractivity contribution in [3.63, 3.8) is 0 Å². The molecule has 0 saturated carbocycles. The van der Waals surface area contributed by atoms with E-state index in [1.807, 2.05) is 6.07 Å². The van der Waals surface area contributed by atoms with E-state index in [-0.39, 0.29) is 0 Å². The summed E-state index contributed by atoms with van der Waals surface area (Å²) in [6.07, 6.45) is 1.66. The maximum atomic E-state index is 6.30. The number of methoxy groups -OCH3 is 2. The average Bonchev–Trinajstić information content (AvgIpc) is 3.04. The van der Waals surface area contributed by atoms with Crippen LogP contribution in [0, 0.1) is 0 Å². The van der Waals surface area contributed by atoms with Crippen molar-refractivity contribution in [2.24, 2.45) is 0 Å². The van der Waals surface area contributed by atoms with E-state index in [1.165, 1.54) is 0 Å². The van der Waals surface area contributed by atoms with Crippen LogP contribution in [0.25, 0.3) is 27.9 Å². The minimum Gasteiger partial charge on any atom is -0.493 e. The van der Waals surface area contributed by atoms with Crippen LogP contribution in [0.5, 0.6) is 11.5 Å². The standard InChI is InChI=1S/C17H12Cl2N4O2/c1-24-14-6-11-13(7-15(14)25-2)20-8-23-16(21-22-17(11)23)10-4-3-9(18)5-12(10)19/h3-8H,1-2H3. The van der Waals surface area contributed by atoms with E-state index < -0.39 is 0 Å². The molecule has 0 saturated heterocycles. The Bertz CT molecular complexity index is 1110. The van der Waals surface area contributed by atoms with Crippen LogP contribution in [0.4, 0.5) is 0 Å². The van der Waals surface area contributed by atoms with Gasteiger partial charge in [-0.2, -0.15) is 0 Å². The summed E-state index contributed by atoms with van der Waals surface area (Å²) in [5.41, 5.74) is 2.10. The number of ether oxygens (including phenoxy) is 2. The van der Waals surface area contributed by atoms with E-state index in [0.717, 1.165) is 16.5 Å². The fraction of sp³-hybridized carbons (Fsp3) is 0.118. The van der Waals surface area contributed by atoms with Gasteiger partial charge in [0.05, 0.1) is 24.8 Å². The van der Waals surface area contributed by atoms with Gasteiger partial charge < -0.3 is 9.47 Å². The van der Waals surface area contributed by atoms with Crippen molar-refractivity contribution in [2.75, 3.05) is 14.2 Å². The van der Waals surface area contributed by atoms with Gasteiger partial charge in [-0.15, -0.1) is 10.2 Å². The molecule has 0 fully saturated rings. The van der Waals surface area contributed by atoms with Gasteiger partial charge in [-0.1, -0.05) is 23.2 Å². The maximum absolute atomic E-state index is 6.30. The Morgan fingerprint density at radius 3 is 2.44 bits per heavy atom. The van der Waals surface area contributed by atoms with E-state index >= 15 is 0 Å². The smallest absolute Gasteiger partial charge is 0.171 e. The molecule has 0 atom stereocenters. The van der Waals surface area contributed by atoms with Gasteiger partial charge in [-0.25, -0.2) is 4.98 Å². The molecule has 126 valence electrons. The van der Waals surface area contributed by atoms with Crippen LogP contribution in [0.2, 0.25) is 10.0 Å². The monoisotopic (exact) mass is 374 g/mol. The fourth-order valence-corrected chi connectivity index (χ4v) is 3.21. The Morgan fingerprint density at radius 1 is 0.960 bits per heavy atom. The van der Waals surface area contributed by atoms with E-state index in [1.54, 1.807) is 49.2 Å². The number of hydrogen-bond donors (Lipinski definition) is 0. The summed E-state index contributed by atoms with van der Waals surface area (Å²) in [5, 5.41) is 10.4. The SMILES string of the molecule is COc1cc2ncn3c(-c4ccc(Cl)cc4Cl)nnc3c2cc1OC. The highest BCUT2D eigenvalue weighted by atomic mass is 35.5. The Labute approximate surface area is 152 Å². The largest absolute Gasteiger partial charge is 0.493 e. The number of nitrogens with zero attached hydrogens (tertiary/aromatic N) is 4. The molecule has 0 aliphatic heterocycles. The highest BCUT2D eigenvalue weighted by molar-refractivity contribution is 6.36. The van der Waals surface area contributed by atoms with Crippen LogP contribution in [-0.4, -0.2) is 33.8 Å². The summed E-state index contributed by atoms with van der Waals surface area (Å²) in [6, 6.07) is 8.87. The summed E-state index contributed by atoms with van der Waals surface area (Å²) in [4.78, 5) is 4.48. The third-order valence-electron chi connectivity index (χ3n) is 3.92. The lowest BCUT2D eigenvalue weighted by Gasteiger charge is -2.09. The molecule has 0 N–H and O–H groups in total. The highest BCUT2D eigenvalue weighted by Crippen LogP contribution is 2.34. The van der Waals surface area contributed by atoms with Gasteiger partial charge in [0.15, 0.2) is 23.0 Å². The predicted molar refractivity (Wildman–Crippen MR) is 96.8 cm³/mol. The fourth-order valence-electron chi connectivity index (χ4n) is 2.71. The molecule has 0 unspecified atom stereocenters. The summed E-state index contributed by atoms with van der Waals surface area (Å²) in [7, 11) is 3.17. The van der Waals surface area contributed by atoms with Crippen LogP contribution in [0.15, 0.2) is 36.7 Å². The van der Waals surface area contributed by atoms with Crippen molar-refractivity contribution >= 4 is 39.8 Å². The van der Waals surface area contributed by atoms with Crippen molar-refractivity contribution in [1.29, 1.82) is 0 Å². The van der Waals surface area contributed by atoms with Crippen molar-refractivity contribution in [3.8, 4) is 22.9 Å². The Kier molecular flexibility index (Phi) is 3.86. The Balaban J connectivity index is 2.00. The van der Waals surface area contributed by atoms with E-state index in [0.29, 0.717) is 33.0 Å². The number of hydrogen-bond acceptors (Lipinski definition) is 5. The molecule has 0 spiro atoms. The zero-order valence-electron chi connectivity index (χ0n) is 13.3. The first-order chi connectivity index (χ1) is 12.1. The van der Waals surface area contributed by atoms with Crippen molar-refractivity contribution in [2.45, 2.75) is 0 Å². The first-order valence-corrected chi connectivity index (χ1v) is 8.09. The van der Waals surface area contributed by atoms with Crippen LogP contribution in [0.3, 0.4) is 0 Å². The minimum atomic E-state index is 0.495. The normalized spacial score (nSPS) is 11.2. The first kappa shape index (κ1) is 15.9. The summed E-state index contributed by atoms with van der Waals surface area (Å²) < 4.78 is 12.5. The van der Waals surface area contributed by atoms with Gasteiger partial charge in [0, 0.05) is 22.0 Å².